The van der Waals surface area contributed by atoms with Gasteiger partial charge in [-0.15, -0.1) is 0 Å². The van der Waals surface area contributed by atoms with Crippen LogP contribution >= 0.6 is 0 Å². The normalized spacial score (nSPS) is 10.8. The minimum absolute atomic E-state index is 0.209. The van der Waals surface area contributed by atoms with Crippen LogP contribution in [-0.2, 0) is 6.42 Å². The van der Waals surface area contributed by atoms with Gasteiger partial charge < -0.3 is 10.1 Å². The Morgan fingerprint density at radius 1 is 1.04 bits per heavy atom. The molecule has 1 amide bonds. The molecule has 2 aromatic heterocycles. The second-order valence-electron chi connectivity index (χ2n) is 6.51. The zero-order valence-corrected chi connectivity index (χ0v) is 15.8. The van der Waals surface area contributed by atoms with E-state index < -0.39 is 0 Å². The summed E-state index contributed by atoms with van der Waals surface area (Å²) in [5.41, 5.74) is 3.77. The quantitative estimate of drug-likeness (QED) is 0.521. The first kappa shape index (κ1) is 17.8. The molecule has 1 N–H and O–H groups in total. The van der Waals surface area contributed by atoms with E-state index in [0.29, 0.717) is 29.3 Å². The van der Waals surface area contributed by atoms with Crippen molar-refractivity contribution in [2.75, 3.05) is 5.32 Å². The van der Waals surface area contributed by atoms with Crippen LogP contribution in [0.4, 0.5) is 5.69 Å². The summed E-state index contributed by atoms with van der Waals surface area (Å²) in [6, 6.07) is 20.8. The Bertz CT molecular complexity index is 1130. The summed E-state index contributed by atoms with van der Waals surface area (Å²) in [6.07, 6.45) is 2.54. The molecule has 140 valence electrons. The number of nitrogens with zero attached hydrogens (tertiary/aromatic N) is 2. The van der Waals surface area contributed by atoms with E-state index in [1.165, 1.54) is 0 Å². The number of para-hydroxylation sites is 3. The summed E-state index contributed by atoms with van der Waals surface area (Å²) in [5.74, 6) is 1.09. The third kappa shape index (κ3) is 3.34. The molecule has 0 aliphatic carbocycles. The second-order valence-corrected chi connectivity index (χ2v) is 6.51. The first-order valence-electron chi connectivity index (χ1n) is 9.27. The van der Waals surface area contributed by atoms with E-state index in [0.717, 1.165) is 16.9 Å². The molecule has 0 aliphatic rings. The SMILES string of the molecule is CCc1nc2c(C)cccn2c1C(=O)Nc1ccccc1Oc1ccccc1. The number of hydrogen-bond acceptors (Lipinski definition) is 3. The minimum atomic E-state index is -0.209. The number of carbonyl (C=O) groups is 1. The van der Waals surface area contributed by atoms with Crippen molar-refractivity contribution in [3.63, 3.8) is 0 Å². The number of fused-ring (bicyclic) bond motifs is 1. The average Bonchev–Trinajstić information content (AvgIpc) is 3.10. The molecule has 5 nitrogen and oxygen atoms in total. The predicted octanol–water partition coefficient (Wildman–Crippen LogP) is 5.25. The summed E-state index contributed by atoms with van der Waals surface area (Å²) in [4.78, 5) is 17.8. The zero-order chi connectivity index (χ0) is 19.5. The molecule has 2 aromatic carbocycles. The van der Waals surface area contributed by atoms with Crippen LogP contribution in [0, 0.1) is 6.92 Å². The molecule has 0 saturated heterocycles. The van der Waals surface area contributed by atoms with Gasteiger partial charge in [0, 0.05) is 6.20 Å². The molecule has 0 atom stereocenters. The second kappa shape index (κ2) is 7.56. The molecule has 0 aliphatic heterocycles. The number of ether oxygens (including phenoxy) is 1. The standard InChI is InChI=1S/C23H21N3O2/c1-3-18-21(26-15-9-10-16(2)22(26)24-18)23(27)25-19-13-7-8-14-20(19)28-17-11-5-4-6-12-17/h4-15H,3H2,1-2H3,(H,25,27). The van der Waals surface area contributed by atoms with E-state index in [2.05, 4.69) is 10.3 Å². The van der Waals surface area contributed by atoms with Crippen molar-refractivity contribution in [3.05, 3.63) is 89.9 Å². The molecular weight excluding hydrogens is 350 g/mol. The van der Waals surface area contributed by atoms with Crippen molar-refractivity contribution in [2.24, 2.45) is 0 Å². The molecule has 0 spiro atoms. The summed E-state index contributed by atoms with van der Waals surface area (Å²) >= 11 is 0. The Morgan fingerprint density at radius 2 is 1.79 bits per heavy atom. The Morgan fingerprint density at radius 3 is 2.57 bits per heavy atom. The highest BCUT2D eigenvalue weighted by Gasteiger charge is 2.20. The zero-order valence-electron chi connectivity index (χ0n) is 15.8. The van der Waals surface area contributed by atoms with Crippen LogP contribution in [0.25, 0.3) is 5.65 Å². The number of aromatic nitrogens is 2. The molecule has 0 bridgehead atoms. The van der Waals surface area contributed by atoms with Crippen molar-refractivity contribution in [1.82, 2.24) is 9.38 Å². The molecular formula is C23H21N3O2. The number of imidazole rings is 1. The van der Waals surface area contributed by atoms with Gasteiger partial charge in [-0.25, -0.2) is 4.98 Å². The lowest BCUT2D eigenvalue weighted by Gasteiger charge is -2.12. The number of pyridine rings is 1. The highest BCUT2D eigenvalue weighted by Crippen LogP contribution is 2.30. The van der Waals surface area contributed by atoms with E-state index in [1.807, 2.05) is 91.2 Å². The molecule has 28 heavy (non-hydrogen) atoms. The monoisotopic (exact) mass is 371 g/mol. The molecule has 0 fully saturated rings. The lowest BCUT2D eigenvalue weighted by molar-refractivity contribution is 0.102. The van der Waals surface area contributed by atoms with Gasteiger partial charge in [0.1, 0.15) is 17.1 Å². The summed E-state index contributed by atoms with van der Waals surface area (Å²) in [5, 5.41) is 2.99. The third-order valence-corrected chi connectivity index (χ3v) is 4.57. The van der Waals surface area contributed by atoms with Crippen LogP contribution in [-0.4, -0.2) is 15.3 Å². The maximum absolute atomic E-state index is 13.2. The summed E-state index contributed by atoms with van der Waals surface area (Å²) < 4.78 is 7.81. The molecule has 2 heterocycles. The number of rotatable bonds is 5. The van der Waals surface area contributed by atoms with Gasteiger partial charge in [0.25, 0.3) is 5.91 Å². The van der Waals surface area contributed by atoms with Gasteiger partial charge in [-0.3, -0.25) is 9.20 Å². The smallest absolute Gasteiger partial charge is 0.274 e. The Hall–Kier alpha value is -3.60. The van der Waals surface area contributed by atoms with Gasteiger partial charge in [-0.2, -0.15) is 0 Å². The van der Waals surface area contributed by atoms with Crippen LogP contribution in [0.2, 0.25) is 0 Å². The highest BCUT2D eigenvalue weighted by molar-refractivity contribution is 6.05. The van der Waals surface area contributed by atoms with Crippen LogP contribution in [0.15, 0.2) is 72.9 Å². The van der Waals surface area contributed by atoms with Gasteiger partial charge in [-0.1, -0.05) is 43.3 Å². The van der Waals surface area contributed by atoms with Crippen molar-refractivity contribution in [3.8, 4) is 11.5 Å². The predicted molar refractivity (Wildman–Crippen MR) is 110 cm³/mol. The van der Waals surface area contributed by atoms with Crippen LogP contribution < -0.4 is 10.1 Å². The fraction of sp³-hybridized carbons (Fsp3) is 0.130. The number of anilines is 1. The van der Waals surface area contributed by atoms with Gasteiger partial charge in [0.2, 0.25) is 0 Å². The van der Waals surface area contributed by atoms with Crippen LogP contribution in [0.5, 0.6) is 11.5 Å². The number of nitrogens with one attached hydrogen (secondary N) is 1. The van der Waals surface area contributed by atoms with Crippen molar-refractivity contribution >= 4 is 17.2 Å². The number of benzene rings is 2. The number of aryl methyl sites for hydroxylation is 2. The average molecular weight is 371 g/mol. The van der Waals surface area contributed by atoms with Crippen LogP contribution in [0.1, 0.15) is 28.7 Å². The van der Waals surface area contributed by atoms with Gasteiger partial charge in [0.05, 0.1) is 11.4 Å². The number of hydrogen-bond donors (Lipinski definition) is 1. The van der Waals surface area contributed by atoms with Gasteiger partial charge in [-0.05, 0) is 49.2 Å². The first-order chi connectivity index (χ1) is 13.7. The maximum atomic E-state index is 13.2. The fourth-order valence-electron chi connectivity index (χ4n) is 3.19. The summed E-state index contributed by atoms with van der Waals surface area (Å²) in [7, 11) is 0. The van der Waals surface area contributed by atoms with Crippen molar-refractivity contribution in [2.45, 2.75) is 20.3 Å². The summed E-state index contributed by atoms with van der Waals surface area (Å²) in [6.45, 7) is 3.99. The highest BCUT2D eigenvalue weighted by atomic mass is 16.5. The molecule has 4 rings (SSSR count). The molecule has 0 saturated carbocycles. The van der Waals surface area contributed by atoms with Crippen molar-refractivity contribution < 1.29 is 9.53 Å². The molecule has 5 heteroatoms. The van der Waals surface area contributed by atoms with Crippen molar-refractivity contribution in [1.29, 1.82) is 0 Å². The number of amides is 1. The molecule has 4 aromatic rings. The Balaban J connectivity index is 1.69. The van der Waals surface area contributed by atoms with Crippen LogP contribution in [0.3, 0.4) is 0 Å². The number of carbonyl (C=O) groups excluding carboxylic acids is 1. The Kier molecular flexibility index (Phi) is 4.81. The van der Waals surface area contributed by atoms with E-state index in [1.54, 1.807) is 0 Å². The topological polar surface area (TPSA) is 55.6 Å². The van der Waals surface area contributed by atoms with E-state index >= 15 is 0 Å². The van der Waals surface area contributed by atoms with E-state index in [4.69, 9.17) is 4.74 Å². The largest absolute Gasteiger partial charge is 0.455 e. The minimum Gasteiger partial charge on any atom is -0.455 e. The lowest BCUT2D eigenvalue weighted by atomic mass is 10.2. The van der Waals surface area contributed by atoms with Gasteiger partial charge >= 0.3 is 0 Å². The van der Waals surface area contributed by atoms with E-state index in [9.17, 15) is 4.79 Å². The molecule has 0 unspecified atom stereocenters. The third-order valence-electron chi connectivity index (χ3n) is 4.57. The van der Waals surface area contributed by atoms with E-state index in [-0.39, 0.29) is 5.91 Å². The Labute approximate surface area is 163 Å². The molecule has 0 radical (unpaired) electrons. The first-order valence-corrected chi connectivity index (χ1v) is 9.27. The lowest BCUT2D eigenvalue weighted by Crippen LogP contribution is -2.16. The van der Waals surface area contributed by atoms with Gasteiger partial charge in [0.15, 0.2) is 5.75 Å². The fourth-order valence-corrected chi connectivity index (χ4v) is 3.19. The maximum Gasteiger partial charge on any atom is 0.274 e.